The lowest BCUT2D eigenvalue weighted by molar-refractivity contribution is -0.124. The lowest BCUT2D eigenvalue weighted by Crippen LogP contribution is -2.28. The van der Waals surface area contributed by atoms with Gasteiger partial charge in [-0.25, -0.2) is 13.2 Å². The molecule has 0 aromatic heterocycles. The molecule has 0 aliphatic carbocycles. The third-order valence-corrected chi connectivity index (χ3v) is 4.75. The summed E-state index contributed by atoms with van der Waals surface area (Å²) in [6.07, 6.45) is 1.04. The fourth-order valence-corrected chi connectivity index (χ4v) is 2.82. The second-order valence-electron chi connectivity index (χ2n) is 5.24. The predicted molar refractivity (Wildman–Crippen MR) is 93.1 cm³/mol. The topological polar surface area (TPSA) is 89.5 Å². The maximum Gasteiger partial charge on any atom is 0.338 e. The van der Waals surface area contributed by atoms with Crippen molar-refractivity contribution in [2.45, 2.75) is 11.4 Å². The van der Waals surface area contributed by atoms with Crippen LogP contribution in [0.1, 0.15) is 15.9 Å². The van der Waals surface area contributed by atoms with Gasteiger partial charge in [0.25, 0.3) is 5.91 Å². The molecule has 2 aromatic rings. The number of nitrogens with one attached hydrogen (secondary N) is 1. The minimum absolute atomic E-state index is 0.00474. The van der Waals surface area contributed by atoms with Crippen molar-refractivity contribution in [3.63, 3.8) is 0 Å². The van der Waals surface area contributed by atoms with E-state index < -0.39 is 28.3 Å². The van der Waals surface area contributed by atoms with Crippen molar-refractivity contribution in [1.29, 1.82) is 0 Å². The van der Waals surface area contributed by atoms with Crippen LogP contribution in [0.15, 0.2) is 53.4 Å². The summed E-state index contributed by atoms with van der Waals surface area (Å²) in [5, 5.41) is 3.11. The molecule has 0 aliphatic rings. The number of halogens is 1. The van der Waals surface area contributed by atoms with Crippen LogP contribution in [0, 0.1) is 0 Å². The molecule has 0 bridgehead atoms. The molecule has 0 saturated heterocycles. The number of ether oxygens (including phenoxy) is 1. The maximum atomic E-state index is 11.9. The monoisotopic (exact) mass is 381 g/mol. The van der Waals surface area contributed by atoms with E-state index in [1.807, 2.05) is 0 Å². The summed E-state index contributed by atoms with van der Waals surface area (Å²) >= 11 is 5.98. The Kier molecular flexibility index (Phi) is 6.17. The Hall–Kier alpha value is -2.38. The zero-order chi connectivity index (χ0) is 18.4. The van der Waals surface area contributed by atoms with Crippen molar-refractivity contribution in [3.8, 4) is 0 Å². The number of carbonyl (C=O) groups excluding carboxylic acids is 2. The average Bonchev–Trinajstić information content (AvgIpc) is 2.58. The van der Waals surface area contributed by atoms with E-state index in [0.29, 0.717) is 5.02 Å². The van der Waals surface area contributed by atoms with E-state index in [1.165, 1.54) is 24.3 Å². The van der Waals surface area contributed by atoms with E-state index in [4.69, 9.17) is 16.3 Å². The molecule has 0 heterocycles. The zero-order valence-corrected chi connectivity index (χ0v) is 14.9. The van der Waals surface area contributed by atoms with Crippen LogP contribution in [0.2, 0.25) is 5.02 Å². The van der Waals surface area contributed by atoms with E-state index in [1.54, 1.807) is 24.3 Å². The SMILES string of the molecule is CS(=O)(=O)c1cccc(C(=O)OCC(=O)NCc2ccccc2Cl)c1. The van der Waals surface area contributed by atoms with Crippen molar-refractivity contribution in [3.05, 3.63) is 64.7 Å². The number of benzene rings is 2. The highest BCUT2D eigenvalue weighted by Crippen LogP contribution is 2.14. The Balaban J connectivity index is 1.89. The fraction of sp³-hybridized carbons (Fsp3) is 0.176. The van der Waals surface area contributed by atoms with E-state index in [0.717, 1.165) is 11.8 Å². The van der Waals surface area contributed by atoms with Gasteiger partial charge in [0.15, 0.2) is 16.4 Å². The van der Waals surface area contributed by atoms with Gasteiger partial charge in [0, 0.05) is 17.8 Å². The van der Waals surface area contributed by atoms with Gasteiger partial charge in [-0.05, 0) is 29.8 Å². The molecule has 2 rings (SSSR count). The molecule has 0 radical (unpaired) electrons. The summed E-state index contributed by atoms with van der Waals surface area (Å²) < 4.78 is 27.9. The van der Waals surface area contributed by atoms with Crippen molar-refractivity contribution in [2.24, 2.45) is 0 Å². The number of rotatable bonds is 6. The maximum absolute atomic E-state index is 11.9. The number of amides is 1. The molecule has 132 valence electrons. The Morgan fingerprint density at radius 2 is 1.84 bits per heavy atom. The van der Waals surface area contributed by atoms with Crippen molar-refractivity contribution in [2.75, 3.05) is 12.9 Å². The number of carbonyl (C=O) groups is 2. The molecule has 2 aromatic carbocycles. The number of esters is 1. The van der Waals surface area contributed by atoms with Gasteiger partial charge in [-0.1, -0.05) is 35.9 Å². The first-order valence-corrected chi connectivity index (χ1v) is 9.51. The van der Waals surface area contributed by atoms with Crippen LogP contribution in [0.4, 0.5) is 0 Å². The molecular weight excluding hydrogens is 366 g/mol. The molecule has 0 fully saturated rings. The second-order valence-corrected chi connectivity index (χ2v) is 7.67. The lowest BCUT2D eigenvalue weighted by Gasteiger charge is -2.08. The number of sulfone groups is 1. The van der Waals surface area contributed by atoms with Crippen LogP contribution >= 0.6 is 11.6 Å². The van der Waals surface area contributed by atoms with Crippen LogP contribution in [0.3, 0.4) is 0 Å². The first-order valence-electron chi connectivity index (χ1n) is 7.25. The van der Waals surface area contributed by atoms with Crippen molar-refractivity contribution in [1.82, 2.24) is 5.32 Å². The second kappa shape index (κ2) is 8.13. The molecule has 0 aliphatic heterocycles. The Labute approximate surface area is 150 Å². The van der Waals surface area contributed by atoms with Gasteiger partial charge in [0.2, 0.25) is 0 Å². The van der Waals surface area contributed by atoms with Gasteiger partial charge < -0.3 is 10.1 Å². The largest absolute Gasteiger partial charge is 0.452 e. The third-order valence-electron chi connectivity index (χ3n) is 3.27. The highest BCUT2D eigenvalue weighted by Gasteiger charge is 2.14. The lowest BCUT2D eigenvalue weighted by atomic mass is 10.2. The Bertz CT molecular complexity index is 895. The smallest absolute Gasteiger partial charge is 0.338 e. The quantitative estimate of drug-likeness (QED) is 0.775. The highest BCUT2D eigenvalue weighted by atomic mass is 35.5. The molecule has 8 heteroatoms. The standard InChI is InChI=1S/C17H16ClNO5S/c1-25(22,23)14-7-4-6-12(9-14)17(21)24-11-16(20)19-10-13-5-2-3-8-15(13)18/h2-9H,10-11H2,1H3,(H,19,20). The van der Waals surface area contributed by atoms with Gasteiger partial charge in [0.1, 0.15) is 0 Å². The first kappa shape index (κ1) is 19.0. The summed E-state index contributed by atoms with van der Waals surface area (Å²) in [4.78, 5) is 23.7. The van der Waals surface area contributed by atoms with Crippen LogP contribution in [0.25, 0.3) is 0 Å². The summed E-state index contributed by atoms with van der Waals surface area (Å²) in [5.41, 5.74) is 0.798. The van der Waals surface area contributed by atoms with E-state index in [9.17, 15) is 18.0 Å². The third kappa shape index (κ3) is 5.58. The van der Waals surface area contributed by atoms with E-state index in [-0.39, 0.29) is 17.0 Å². The molecule has 0 spiro atoms. The first-order chi connectivity index (χ1) is 11.8. The van der Waals surface area contributed by atoms with Gasteiger partial charge in [0.05, 0.1) is 10.5 Å². The number of hydrogen-bond acceptors (Lipinski definition) is 5. The molecule has 0 atom stereocenters. The minimum Gasteiger partial charge on any atom is -0.452 e. The van der Waals surface area contributed by atoms with E-state index >= 15 is 0 Å². The van der Waals surface area contributed by atoms with Crippen LogP contribution in [-0.4, -0.2) is 33.2 Å². The summed E-state index contributed by atoms with van der Waals surface area (Å²) in [6.45, 7) is -0.272. The van der Waals surface area contributed by atoms with E-state index in [2.05, 4.69) is 5.32 Å². The van der Waals surface area contributed by atoms with Gasteiger partial charge in [-0.3, -0.25) is 4.79 Å². The highest BCUT2D eigenvalue weighted by molar-refractivity contribution is 7.90. The molecule has 6 nitrogen and oxygen atoms in total. The fourth-order valence-electron chi connectivity index (χ4n) is 1.95. The number of hydrogen-bond donors (Lipinski definition) is 1. The molecular formula is C17H16ClNO5S. The van der Waals surface area contributed by atoms with Crippen molar-refractivity contribution < 1.29 is 22.7 Å². The van der Waals surface area contributed by atoms with Gasteiger partial charge >= 0.3 is 5.97 Å². The molecule has 1 N–H and O–H groups in total. The molecule has 1 amide bonds. The van der Waals surface area contributed by atoms with Crippen LogP contribution in [-0.2, 0) is 25.9 Å². The summed E-state index contributed by atoms with van der Waals surface area (Å²) in [7, 11) is -3.43. The average molecular weight is 382 g/mol. The zero-order valence-electron chi connectivity index (χ0n) is 13.4. The Morgan fingerprint density at radius 1 is 1.12 bits per heavy atom. The normalized spacial score (nSPS) is 11.0. The predicted octanol–water partition coefficient (Wildman–Crippen LogP) is 2.22. The Morgan fingerprint density at radius 3 is 2.52 bits per heavy atom. The minimum atomic E-state index is -3.43. The van der Waals surface area contributed by atoms with Crippen molar-refractivity contribution >= 4 is 33.3 Å². The van der Waals surface area contributed by atoms with Gasteiger partial charge in [-0.15, -0.1) is 0 Å². The van der Waals surface area contributed by atoms with Crippen LogP contribution < -0.4 is 5.32 Å². The summed E-state index contributed by atoms with van der Waals surface area (Å²) in [5.74, 6) is -1.27. The van der Waals surface area contributed by atoms with Crippen LogP contribution in [0.5, 0.6) is 0 Å². The summed E-state index contributed by atoms with van der Waals surface area (Å²) in [6, 6.07) is 12.5. The molecule has 25 heavy (non-hydrogen) atoms. The molecule has 0 saturated carbocycles. The molecule has 0 unspecified atom stereocenters. The van der Waals surface area contributed by atoms with Gasteiger partial charge in [-0.2, -0.15) is 0 Å².